The van der Waals surface area contributed by atoms with Crippen LogP contribution < -0.4 is 4.90 Å². The van der Waals surface area contributed by atoms with Crippen molar-refractivity contribution in [3.05, 3.63) is 100 Å². The molecule has 0 fully saturated rings. The minimum atomic E-state index is -0.897. The fourth-order valence-electron chi connectivity index (χ4n) is 4.65. The minimum absolute atomic E-state index is 0.00171. The van der Waals surface area contributed by atoms with Gasteiger partial charge >= 0.3 is 5.97 Å². The number of amides is 1. The first-order chi connectivity index (χ1) is 18.9. The molecule has 0 spiro atoms. The smallest absolute Gasteiger partial charge is 0.306 e. The second-order valence-corrected chi connectivity index (χ2v) is 9.77. The predicted molar refractivity (Wildman–Crippen MR) is 153 cm³/mol. The number of carbonyl (C=O) groups is 2. The standard InChI is InChI=1S/C31H33ClFN3O3/c1-3-35(4-2)18-19-36-28-16-14-23(32)20-25(28)30(24-12-8-9-13-26(24)33)34-27(31(36)38)15-17-29(37)39-21-22-10-6-5-7-11-22/h5-14,16,20,27H,3-4,15,17-19,21H2,1-2H3/t27-/m0/s1. The number of rotatable bonds is 11. The average molecular weight is 550 g/mol. The minimum Gasteiger partial charge on any atom is -0.461 e. The van der Waals surface area contributed by atoms with E-state index in [1.807, 2.05) is 30.3 Å². The van der Waals surface area contributed by atoms with E-state index < -0.39 is 17.8 Å². The highest BCUT2D eigenvalue weighted by Gasteiger charge is 2.33. The maximum atomic E-state index is 15.1. The fourth-order valence-corrected chi connectivity index (χ4v) is 4.82. The van der Waals surface area contributed by atoms with Gasteiger partial charge in [-0.05, 0) is 55.4 Å². The summed E-state index contributed by atoms with van der Waals surface area (Å²) in [6.45, 7) is 7.07. The highest BCUT2D eigenvalue weighted by molar-refractivity contribution is 6.32. The Bertz CT molecular complexity index is 1330. The zero-order valence-corrected chi connectivity index (χ0v) is 23.0. The summed E-state index contributed by atoms with van der Waals surface area (Å²) in [4.78, 5) is 35.3. The van der Waals surface area contributed by atoms with E-state index in [0.717, 1.165) is 18.7 Å². The molecule has 3 aromatic rings. The summed E-state index contributed by atoms with van der Waals surface area (Å²) in [5.41, 5.74) is 2.69. The third-order valence-corrected chi connectivity index (χ3v) is 7.10. The number of likely N-dealkylation sites (N-methyl/N-ethyl adjacent to an activating group) is 1. The molecule has 3 aromatic carbocycles. The van der Waals surface area contributed by atoms with E-state index in [1.54, 1.807) is 41.3 Å². The number of hydrogen-bond donors (Lipinski definition) is 0. The molecule has 8 heteroatoms. The third-order valence-electron chi connectivity index (χ3n) is 6.87. The second-order valence-electron chi connectivity index (χ2n) is 9.34. The maximum Gasteiger partial charge on any atom is 0.306 e. The lowest BCUT2D eigenvalue weighted by molar-refractivity contribution is -0.145. The molecule has 0 radical (unpaired) electrons. The molecule has 4 rings (SSSR count). The van der Waals surface area contributed by atoms with E-state index in [9.17, 15) is 9.59 Å². The van der Waals surface area contributed by atoms with Crippen LogP contribution in [0.15, 0.2) is 77.8 Å². The summed E-state index contributed by atoms with van der Waals surface area (Å²) in [5.74, 6) is -1.12. The van der Waals surface area contributed by atoms with E-state index in [-0.39, 0.29) is 30.9 Å². The summed E-state index contributed by atoms with van der Waals surface area (Å²) in [6, 6.07) is 20.1. The molecule has 204 valence electrons. The van der Waals surface area contributed by atoms with Gasteiger partial charge in [-0.3, -0.25) is 14.6 Å². The molecule has 0 saturated carbocycles. The van der Waals surface area contributed by atoms with Crippen molar-refractivity contribution in [2.75, 3.05) is 31.1 Å². The van der Waals surface area contributed by atoms with Crippen LogP contribution in [0.4, 0.5) is 10.1 Å². The van der Waals surface area contributed by atoms with Gasteiger partial charge in [-0.2, -0.15) is 0 Å². The van der Waals surface area contributed by atoms with Crippen LogP contribution in [0.5, 0.6) is 0 Å². The number of nitrogens with zero attached hydrogens (tertiary/aromatic N) is 3. The molecule has 1 amide bonds. The molecule has 1 aliphatic rings. The Morgan fingerprint density at radius 2 is 1.74 bits per heavy atom. The first kappa shape index (κ1) is 28.5. The van der Waals surface area contributed by atoms with Crippen molar-refractivity contribution in [3.8, 4) is 0 Å². The summed E-state index contributed by atoms with van der Waals surface area (Å²) in [6.07, 6.45) is 0.131. The van der Waals surface area contributed by atoms with Crippen LogP contribution in [0.3, 0.4) is 0 Å². The maximum absolute atomic E-state index is 15.1. The molecule has 0 saturated heterocycles. The Morgan fingerprint density at radius 3 is 2.46 bits per heavy atom. The largest absolute Gasteiger partial charge is 0.461 e. The number of ether oxygens (including phenoxy) is 1. The van der Waals surface area contributed by atoms with Gasteiger partial charge < -0.3 is 14.5 Å². The van der Waals surface area contributed by atoms with Crippen molar-refractivity contribution in [2.45, 2.75) is 39.3 Å². The first-order valence-corrected chi connectivity index (χ1v) is 13.6. The summed E-state index contributed by atoms with van der Waals surface area (Å²) in [7, 11) is 0. The van der Waals surface area contributed by atoms with Crippen molar-refractivity contribution in [1.82, 2.24) is 4.90 Å². The number of aliphatic imine (C=N–C) groups is 1. The van der Waals surface area contributed by atoms with Crippen LogP contribution >= 0.6 is 11.6 Å². The van der Waals surface area contributed by atoms with Gasteiger partial charge in [-0.25, -0.2) is 4.39 Å². The molecule has 1 aliphatic heterocycles. The van der Waals surface area contributed by atoms with Gasteiger partial charge in [0.05, 0.1) is 11.4 Å². The number of esters is 1. The molecular weight excluding hydrogens is 517 g/mol. The SMILES string of the molecule is CCN(CC)CCN1C(=O)[C@H](CCC(=O)OCc2ccccc2)N=C(c2ccccc2F)c2cc(Cl)ccc21. The topological polar surface area (TPSA) is 62.2 Å². The van der Waals surface area contributed by atoms with Crippen LogP contribution in [-0.2, 0) is 20.9 Å². The van der Waals surface area contributed by atoms with E-state index in [4.69, 9.17) is 21.3 Å². The van der Waals surface area contributed by atoms with Crippen LogP contribution in [0.25, 0.3) is 0 Å². The first-order valence-electron chi connectivity index (χ1n) is 13.3. The van der Waals surface area contributed by atoms with Gasteiger partial charge in [-0.15, -0.1) is 0 Å². The van der Waals surface area contributed by atoms with Crippen LogP contribution in [0, 0.1) is 5.82 Å². The summed E-state index contributed by atoms with van der Waals surface area (Å²) >= 11 is 6.38. The van der Waals surface area contributed by atoms with Crippen LogP contribution in [-0.4, -0.2) is 54.7 Å². The number of carbonyl (C=O) groups excluding carboxylic acids is 2. The van der Waals surface area contributed by atoms with E-state index in [0.29, 0.717) is 35.1 Å². The summed E-state index contributed by atoms with van der Waals surface area (Å²) in [5, 5.41) is 0.455. The van der Waals surface area contributed by atoms with Gasteiger partial charge in [0.25, 0.3) is 5.91 Å². The molecule has 0 aromatic heterocycles. The Hall–Kier alpha value is -3.55. The number of anilines is 1. The molecule has 0 bridgehead atoms. The zero-order chi connectivity index (χ0) is 27.8. The Labute approximate surface area is 234 Å². The van der Waals surface area contributed by atoms with Crippen molar-refractivity contribution in [3.63, 3.8) is 0 Å². The molecular formula is C31H33ClFN3O3. The van der Waals surface area contributed by atoms with Gasteiger partial charge in [0.15, 0.2) is 0 Å². The molecule has 6 nitrogen and oxygen atoms in total. The highest BCUT2D eigenvalue weighted by Crippen LogP contribution is 2.32. The normalized spacial score (nSPS) is 15.1. The molecule has 39 heavy (non-hydrogen) atoms. The number of hydrogen-bond acceptors (Lipinski definition) is 5. The number of benzodiazepines with no additional fused rings is 1. The monoisotopic (exact) mass is 549 g/mol. The summed E-state index contributed by atoms with van der Waals surface area (Å²) < 4.78 is 20.5. The Morgan fingerprint density at radius 1 is 1.03 bits per heavy atom. The molecule has 1 atom stereocenters. The number of benzene rings is 3. The molecule has 1 heterocycles. The van der Waals surface area contributed by atoms with E-state index in [2.05, 4.69) is 18.7 Å². The van der Waals surface area contributed by atoms with Gasteiger partial charge in [0.1, 0.15) is 18.5 Å². The van der Waals surface area contributed by atoms with Crippen molar-refractivity contribution in [1.29, 1.82) is 0 Å². The van der Waals surface area contributed by atoms with Crippen LogP contribution in [0.2, 0.25) is 5.02 Å². The predicted octanol–water partition coefficient (Wildman–Crippen LogP) is 5.90. The van der Waals surface area contributed by atoms with E-state index >= 15 is 4.39 Å². The lowest BCUT2D eigenvalue weighted by Gasteiger charge is -2.28. The van der Waals surface area contributed by atoms with Crippen molar-refractivity contribution in [2.24, 2.45) is 4.99 Å². The zero-order valence-electron chi connectivity index (χ0n) is 22.3. The number of fused-ring (bicyclic) bond motifs is 1. The third kappa shape index (κ3) is 7.11. The Balaban J connectivity index is 1.66. The van der Waals surface area contributed by atoms with Gasteiger partial charge in [-0.1, -0.05) is 67.9 Å². The number of halogens is 2. The Kier molecular flexibility index (Phi) is 9.85. The quantitative estimate of drug-likeness (QED) is 0.279. The molecule has 0 N–H and O–H groups in total. The second kappa shape index (κ2) is 13.5. The molecule has 0 aliphatic carbocycles. The fraction of sp³-hybridized carbons (Fsp3) is 0.323. The highest BCUT2D eigenvalue weighted by atomic mass is 35.5. The van der Waals surface area contributed by atoms with Gasteiger partial charge in [0, 0.05) is 35.7 Å². The lowest BCUT2D eigenvalue weighted by Crippen LogP contribution is -2.43. The average Bonchev–Trinajstić information content (AvgIpc) is 3.06. The van der Waals surface area contributed by atoms with Crippen molar-refractivity contribution < 1.29 is 18.7 Å². The lowest BCUT2D eigenvalue weighted by atomic mass is 9.99. The van der Waals surface area contributed by atoms with Crippen LogP contribution in [0.1, 0.15) is 43.4 Å². The molecule has 0 unspecified atom stereocenters. The van der Waals surface area contributed by atoms with E-state index in [1.165, 1.54) is 6.07 Å². The van der Waals surface area contributed by atoms with Gasteiger partial charge in [0.2, 0.25) is 0 Å². The van der Waals surface area contributed by atoms with Crippen molar-refractivity contribution >= 4 is 34.9 Å².